The van der Waals surface area contributed by atoms with Gasteiger partial charge in [0.15, 0.2) is 0 Å². The largest absolute Gasteiger partial charge is 0.379 e. The SMILES string of the molecule is Cc1cc(C)cc(OS(=O)(=O)c2ccc(Cl)cc2)c1. The van der Waals surface area contributed by atoms with E-state index in [1.807, 2.05) is 19.9 Å². The molecule has 2 aromatic carbocycles. The third-order valence-corrected chi connectivity index (χ3v) is 4.02. The summed E-state index contributed by atoms with van der Waals surface area (Å²) in [5.74, 6) is 0.312. The first kappa shape index (κ1) is 13.9. The van der Waals surface area contributed by atoms with Crippen LogP contribution >= 0.6 is 11.6 Å². The van der Waals surface area contributed by atoms with E-state index < -0.39 is 10.1 Å². The summed E-state index contributed by atoms with van der Waals surface area (Å²) in [5.41, 5.74) is 1.89. The highest BCUT2D eigenvalue weighted by atomic mass is 35.5. The molecular weight excluding hydrogens is 284 g/mol. The molecule has 2 aromatic rings. The number of halogens is 1. The summed E-state index contributed by atoms with van der Waals surface area (Å²) in [5, 5.41) is 0.477. The Labute approximate surface area is 117 Å². The fraction of sp³-hybridized carbons (Fsp3) is 0.143. The Morgan fingerprint density at radius 3 is 2.00 bits per heavy atom. The van der Waals surface area contributed by atoms with Crippen molar-refractivity contribution in [3.63, 3.8) is 0 Å². The monoisotopic (exact) mass is 296 g/mol. The Morgan fingerprint density at radius 2 is 1.47 bits per heavy atom. The van der Waals surface area contributed by atoms with E-state index in [-0.39, 0.29) is 4.90 Å². The number of hydrogen-bond donors (Lipinski definition) is 0. The predicted octanol–water partition coefficient (Wildman–Crippen LogP) is 3.72. The summed E-state index contributed by atoms with van der Waals surface area (Å²) < 4.78 is 29.3. The molecule has 0 saturated heterocycles. The maximum absolute atomic E-state index is 12.1. The molecule has 0 aromatic heterocycles. The molecule has 0 fully saturated rings. The average Bonchev–Trinajstić information content (AvgIpc) is 2.27. The van der Waals surface area contributed by atoms with E-state index in [0.717, 1.165) is 11.1 Å². The lowest BCUT2D eigenvalue weighted by atomic mass is 10.1. The minimum Gasteiger partial charge on any atom is -0.379 e. The van der Waals surface area contributed by atoms with Crippen LogP contribution in [0.2, 0.25) is 5.02 Å². The minimum absolute atomic E-state index is 0.0797. The van der Waals surface area contributed by atoms with Gasteiger partial charge in [0, 0.05) is 5.02 Å². The highest BCUT2D eigenvalue weighted by Crippen LogP contribution is 2.22. The summed E-state index contributed by atoms with van der Waals surface area (Å²) in [6.45, 7) is 3.77. The molecule has 0 amide bonds. The minimum atomic E-state index is -3.82. The van der Waals surface area contributed by atoms with Gasteiger partial charge in [-0.25, -0.2) is 0 Å². The van der Waals surface area contributed by atoms with Crippen molar-refractivity contribution in [2.45, 2.75) is 18.7 Å². The first-order chi connectivity index (χ1) is 8.87. The Hall–Kier alpha value is -1.52. The van der Waals surface area contributed by atoms with E-state index in [2.05, 4.69) is 0 Å². The summed E-state index contributed by atoms with van der Waals surface area (Å²) in [6, 6.07) is 11.2. The van der Waals surface area contributed by atoms with Crippen molar-refractivity contribution < 1.29 is 12.6 Å². The third kappa shape index (κ3) is 3.49. The lowest BCUT2D eigenvalue weighted by molar-refractivity contribution is 0.486. The molecule has 0 aliphatic rings. The van der Waals surface area contributed by atoms with Crippen molar-refractivity contribution in [2.75, 3.05) is 0 Å². The number of aryl methyl sites for hydroxylation is 2. The fourth-order valence-corrected chi connectivity index (χ4v) is 2.80. The van der Waals surface area contributed by atoms with Crippen molar-refractivity contribution >= 4 is 21.7 Å². The second kappa shape index (κ2) is 5.23. The molecule has 0 aliphatic heterocycles. The van der Waals surface area contributed by atoms with Crippen LogP contribution in [0.15, 0.2) is 47.4 Å². The van der Waals surface area contributed by atoms with Gasteiger partial charge >= 0.3 is 10.1 Å². The number of hydrogen-bond acceptors (Lipinski definition) is 3. The van der Waals surface area contributed by atoms with Gasteiger partial charge in [-0.15, -0.1) is 0 Å². The van der Waals surface area contributed by atoms with Gasteiger partial charge in [-0.1, -0.05) is 17.7 Å². The van der Waals surface area contributed by atoms with Crippen LogP contribution in [0.3, 0.4) is 0 Å². The molecule has 0 heterocycles. The van der Waals surface area contributed by atoms with Gasteiger partial charge in [-0.05, 0) is 61.4 Å². The summed E-state index contributed by atoms with van der Waals surface area (Å²) in [7, 11) is -3.82. The average molecular weight is 297 g/mol. The van der Waals surface area contributed by atoms with E-state index in [1.54, 1.807) is 12.1 Å². The highest BCUT2D eigenvalue weighted by Gasteiger charge is 2.16. The van der Waals surface area contributed by atoms with E-state index in [4.69, 9.17) is 15.8 Å². The predicted molar refractivity (Wildman–Crippen MR) is 75.2 cm³/mol. The van der Waals surface area contributed by atoms with E-state index in [1.165, 1.54) is 24.3 Å². The zero-order valence-corrected chi connectivity index (χ0v) is 12.1. The molecule has 0 radical (unpaired) electrons. The zero-order chi connectivity index (χ0) is 14.0. The smallest absolute Gasteiger partial charge is 0.339 e. The Bertz CT molecular complexity index is 671. The van der Waals surface area contributed by atoms with Crippen LogP contribution in [0.5, 0.6) is 5.75 Å². The Morgan fingerprint density at radius 1 is 0.947 bits per heavy atom. The van der Waals surface area contributed by atoms with Crippen LogP contribution in [0.25, 0.3) is 0 Å². The molecule has 3 nitrogen and oxygen atoms in total. The van der Waals surface area contributed by atoms with Crippen LogP contribution in [0.4, 0.5) is 0 Å². The summed E-state index contributed by atoms with van der Waals surface area (Å²) in [6.07, 6.45) is 0. The summed E-state index contributed by atoms with van der Waals surface area (Å²) in [4.78, 5) is 0.0797. The highest BCUT2D eigenvalue weighted by molar-refractivity contribution is 7.87. The maximum Gasteiger partial charge on any atom is 0.339 e. The van der Waals surface area contributed by atoms with Crippen LogP contribution < -0.4 is 4.18 Å². The van der Waals surface area contributed by atoms with E-state index >= 15 is 0 Å². The topological polar surface area (TPSA) is 43.4 Å². The van der Waals surface area contributed by atoms with Gasteiger partial charge in [-0.2, -0.15) is 8.42 Å². The van der Waals surface area contributed by atoms with Gasteiger partial charge in [0.1, 0.15) is 10.6 Å². The molecule has 0 N–H and O–H groups in total. The molecule has 0 spiro atoms. The first-order valence-corrected chi connectivity index (χ1v) is 7.44. The van der Waals surface area contributed by atoms with Gasteiger partial charge in [0.25, 0.3) is 0 Å². The lowest BCUT2D eigenvalue weighted by Gasteiger charge is -2.08. The van der Waals surface area contributed by atoms with E-state index in [0.29, 0.717) is 10.8 Å². The molecule has 0 atom stereocenters. The summed E-state index contributed by atoms with van der Waals surface area (Å²) >= 11 is 5.73. The standard InChI is InChI=1S/C14H13ClO3S/c1-10-7-11(2)9-13(8-10)18-19(16,17)14-5-3-12(15)4-6-14/h3-9H,1-2H3. The van der Waals surface area contributed by atoms with Gasteiger partial charge in [0.2, 0.25) is 0 Å². The van der Waals surface area contributed by atoms with Crippen LogP contribution in [-0.2, 0) is 10.1 Å². The number of benzene rings is 2. The van der Waals surface area contributed by atoms with Gasteiger partial charge in [-0.3, -0.25) is 0 Å². The third-order valence-electron chi connectivity index (χ3n) is 2.50. The van der Waals surface area contributed by atoms with Crippen molar-refractivity contribution in [1.29, 1.82) is 0 Å². The van der Waals surface area contributed by atoms with E-state index in [9.17, 15) is 8.42 Å². The maximum atomic E-state index is 12.1. The second-order valence-electron chi connectivity index (χ2n) is 4.31. The second-order valence-corrected chi connectivity index (χ2v) is 6.30. The molecular formula is C14H13ClO3S. The number of rotatable bonds is 3. The lowest BCUT2D eigenvalue weighted by Crippen LogP contribution is -2.09. The van der Waals surface area contributed by atoms with Crippen molar-refractivity contribution in [1.82, 2.24) is 0 Å². The molecule has 0 aliphatic carbocycles. The van der Waals surface area contributed by atoms with Crippen molar-refractivity contribution in [3.8, 4) is 5.75 Å². The zero-order valence-electron chi connectivity index (χ0n) is 10.6. The van der Waals surface area contributed by atoms with Gasteiger partial charge in [0.05, 0.1) is 0 Å². The molecule has 0 saturated carbocycles. The molecule has 2 rings (SSSR count). The van der Waals surface area contributed by atoms with Crippen molar-refractivity contribution in [2.24, 2.45) is 0 Å². The molecule has 5 heteroatoms. The molecule has 100 valence electrons. The molecule has 0 unspecified atom stereocenters. The Balaban J connectivity index is 2.33. The first-order valence-electron chi connectivity index (χ1n) is 5.65. The van der Waals surface area contributed by atoms with Crippen LogP contribution in [0.1, 0.15) is 11.1 Å². The van der Waals surface area contributed by atoms with Crippen LogP contribution in [0, 0.1) is 13.8 Å². The fourth-order valence-electron chi connectivity index (χ4n) is 1.76. The van der Waals surface area contributed by atoms with Crippen LogP contribution in [-0.4, -0.2) is 8.42 Å². The Kier molecular flexibility index (Phi) is 3.83. The quantitative estimate of drug-likeness (QED) is 0.811. The molecule has 0 bridgehead atoms. The van der Waals surface area contributed by atoms with Gasteiger partial charge < -0.3 is 4.18 Å². The molecule has 19 heavy (non-hydrogen) atoms. The van der Waals surface area contributed by atoms with Crippen molar-refractivity contribution in [3.05, 3.63) is 58.6 Å². The normalized spacial score (nSPS) is 11.3.